The van der Waals surface area contributed by atoms with Gasteiger partial charge in [-0.3, -0.25) is 0 Å². The van der Waals surface area contributed by atoms with Crippen LogP contribution in [0.5, 0.6) is 0 Å². The number of rotatable bonds is 1. The highest BCUT2D eigenvalue weighted by Gasteiger charge is 2.58. The maximum absolute atomic E-state index is 10.4. The third-order valence-corrected chi connectivity index (χ3v) is 2.71. The number of hydrogen-bond acceptors (Lipinski definition) is 3. The molecule has 1 aliphatic carbocycles. The maximum Gasteiger partial charge on any atom is 0.487 e. The van der Waals surface area contributed by atoms with Crippen LogP contribution >= 0.6 is 11.8 Å². The highest BCUT2D eigenvalue weighted by molar-refractivity contribution is 8.13. The first kappa shape index (κ1) is 15.2. The van der Waals surface area contributed by atoms with E-state index in [1.807, 2.05) is 0 Å². The Morgan fingerprint density at radius 1 is 1.11 bits per heavy atom. The SMILES string of the molecule is C1=C(OC2=NCCS2)CC1.FC(F)(F)C(F)(F)F. The molecule has 2 nitrogen and oxygen atoms in total. The zero-order valence-corrected chi connectivity index (χ0v) is 9.75. The number of nitrogens with zero attached hydrogens (tertiary/aromatic N) is 1. The van der Waals surface area contributed by atoms with Gasteiger partial charge in [-0.15, -0.1) is 0 Å². The Bertz CT molecular complexity index is 334. The summed E-state index contributed by atoms with van der Waals surface area (Å²) in [6.07, 6.45) is -7.74. The molecule has 0 fully saturated rings. The van der Waals surface area contributed by atoms with Crippen molar-refractivity contribution in [3.63, 3.8) is 0 Å². The number of hydrogen-bond donors (Lipinski definition) is 0. The number of thioether (sulfide) groups is 1. The summed E-state index contributed by atoms with van der Waals surface area (Å²) < 4.78 is 68.0. The molecule has 0 saturated heterocycles. The summed E-state index contributed by atoms with van der Waals surface area (Å²) in [5, 5.41) is 0.867. The average Bonchev–Trinajstić information content (AvgIpc) is 2.61. The van der Waals surface area contributed by atoms with Crippen LogP contribution in [0.2, 0.25) is 0 Å². The summed E-state index contributed by atoms with van der Waals surface area (Å²) in [7, 11) is 0. The molecular weight excluding hydrogens is 284 g/mol. The van der Waals surface area contributed by atoms with Gasteiger partial charge in [-0.25, -0.2) is 4.99 Å². The van der Waals surface area contributed by atoms with Crippen molar-refractivity contribution in [2.45, 2.75) is 25.2 Å². The second-order valence-electron chi connectivity index (χ2n) is 3.30. The van der Waals surface area contributed by atoms with Crippen LogP contribution in [-0.2, 0) is 4.74 Å². The van der Waals surface area contributed by atoms with Crippen molar-refractivity contribution >= 4 is 17.0 Å². The van der Waals surface area contributed by atoms with Gasteiger partial charge in [0.05, 0.1) is 6.54 Å². The van der Waals surface area contributed by atoms with Crippen molar-refractivity contribution in [1.82, 2.24) is 0 Å². The molecule has 0 unspecified atom stereocenters. The normalized spacial score (nSPS) is 19.2. The van der Waals surface area contributed by atoms with Gasteiger partial charge < -0.3 is 4.74 Å². The van der Waals surface area contributed by atoms with E-state index < -0.39 is 12.4 Å². The van der Waals surface area contributed by atoms with Gasteiger partial charge in [0.1, 0.15) is 5.76 Å². The summed E-state index contributed by atoms with van der Waals surface area (Å²) in [6, 6.07) is 0. The fourth-order valence-electron chi connectivity index (χ4n) is 0.844. The standard InChI is InChI=1S/C7H9NOS.C2F6/c1-2-6(3-1)9-7-8-4-5-10-7;3-1(4,5)2(6,7)8/h2H,1,3-5H2;. The Kier molecular flexibility index (Phi) is 4.94. The van der Waals surface area contributed by atoms with Crippen LogP contribution in [0.15, 0.2) is 16.8 Å². The Labute approximate surface area is 103 Å². The fraction of sp³-hybridized carbons (Fsp3) is 0.667. The molecule has 0 atom stereocenters. The zero-order chi connectivity index (χ0) is 13.8. The summed E-state index contributed by atoms with van der Waals surface area (Å²) in [6.45, 7) is 0.924. The van der Waals surface area contributed by atoms with E-state index in [2.05, 4.69) is 11.1 Å². The van der Waals surface area contributed by atoms with E-state index in [0.717, 1.165) is 29.7 Å². The van der Waals surface area contributed by atoms with E-state index >= 15 is 0 Å². The highest BCUT2D eigenvalue weighted by Crippen LogP contribution is 2.35. The van der Waals surface area contributed by atoms with Crippen molar-refractivity contribution in [2.24, 2.45) is 4.99 Å². The minimum atomic E-state index is -6.06. The van der Waals surface area contributed by atoms with E-state index in [4.69, 9.17) is 4.74 Å². The lowest BCUT2D eigenvalue weighted by Gasteiger charge is -2.13. The number of halogens is 6. The molecule has 0 bridgehead atoms. The predicted molar refractivity (Wildman–Crippen MR) is 55.3 cm³/mol. The van der Waals surface area contributed by atoms with Gasteiger partial charge in [0.2, 0.25) is 0 Å². The molecule has 0 saturated carbocycles. The van der Waals surface area contributed by atoms with Crippen LogP contribution in [0.25, 0.3) is 0 Å². The molecule has 0 aromatic heterocycles. The first-order valence-corrected chi connectivity index (χ1v) is 5.86. The summed E-state index contributed by atoms with van der Waals surface area (Å²) in [5.74, 6) is 2.19. The van der Waals surface area contributed by atoms with E-state index in [1.165, 1.54) is 6.42 Å². The lowest BCUT2D eigenvalue weighted by molar-refractivity contribution is -0.339. The molecule has 0 amide bonds. The predicted octanol–water partition coefficient (Wildman–Crippen LogP) is 3.89. The van der Waals surface area contributed by atoms with Crippen LogP contribution in [0.4, 0.5) is 26.3 Å². The van der Waals surface area contributed by atoms with E-state index in [0.29, 0.717) is 0 Å². The van der Waals surface area contributed by atoms with Gasteiger partial charge in [0.25, 0.3) is 5.23 Å². The fourth-order valence-corrected chi connectivity index (χ4v) is 1.55. The lowest BCUT2D eigenvalue weighted by Crippen LogP contribution is -2.30. The molecule has 0 spiro atoms. The molecule has 0 aromatic rings. The Hall–Kier alpha value is -0.860. The molecule has 1 aliphatic heterocycles. The quantitative estimate of drug-likeness (QED) is 0.684. The van der Waals surface area contributed by atoms with E-state index in [-0.39, 0.29) is 0 Å². The summed E-state index contributed by atoms with van der Waals surface area (Å²) in [5.41, 5.74) is 0. The zero-order valence-electron chi connectivity index (χ0n) is 8.94. The van der Waals surface area contributed by atoms with Crippen molar-refractivity contribution in [3.8, 4) is 0 Å². The van der Waals surface area contributed by atoms with E-state index in [9.17, 15) is 26.3 Å². The van der Waals surface area contributed by atoms with Gasteiger partial charge in [0.15, 0.2) is 0 Å². The van der Waals surface area contributed by atoms with Gasteiger partial charge in [-0.05, 0) is 12.5 Å². The molecule has 2 aliphatic rings. The van der Waals surface area contributed by atoms with Crippen LogP contribution in [-0.4, -0.2) is 29.9 Å². The summed E-state index contributed by atoms with van der Waals surface area (Å²) >= 11 is 1.71. The number of alkyl halides is 6. The molecule has 0 aromatic carbocycles. The Balaban J connectivity index is 0.000000187. The highest BCUT2D eigenvalue weighted by atomic mass is 32.2. The molecular formula is C9H9F6NOS. The van der Waals surface area contributed by atoms with Crippen LogP contribution in [0, 0.1) is 0 Å². The van der Waals surface area contributed by atoms with Crippen molar-refractivity contribution in [2.75, 3.05) is 12.3 Å². The minimum Gasteiger partial charge on any atom is -0.439 e. The summed E-state index contributed by atoms with van der Waals surface area (Å²) in [4.78, 5) is 4.17. The second kappa shape index (κ2) is 5.85. The van der Waals surface area contributed by atoms with Gasteiger partial charge in [0, 0.05) is 12.2 Å². The lowest BCUT2D eigenvalue weighted by atomic mass is 10.1. The molecule has 9 heteroatoms. The Morgan fingerprint density at radius 3 is 1.94 bits per heavy atom. The monoisotopic (exact) mass is 293 g/mol. The number of ether oxygens (including phenoxy) is 1. The number of aliphatic imine (C=N–C) groups is 1. The molecule has 104 valence electrons. The van der Waals surface area contributed by atoms with Gasteiger partial charge in [-0.2, -0.15) is 26.3 Å². The van der Waals surface area contributed by atoms with Crippen LogP contribution < -0.4 is 0 Å². The topological polar surface area (TPSA) is 21.6 Å². The van der Waals surface area contributed by atoms with Crippen LogP contribution in [0.3, 0.4) is 0 Å². The molecule has 2 rings (SSSR count). The third-order valence-electron chi connectivity index (χ3n) is 1.86. The minimum absolute atomic E-state index is 0.867. The van der Waals surface area contributed by atoms with Gasteiger partial charge >= 0.3 is 12.4 Å². The first-order valence-electron chi connectivity index (χ1n) is 4.88. The average molecular weight is 293 g/mol. The van der Waals surface area contributed by atoms with E-state index in [1.54, 1.807) is 11.8 Å². The maximum atomic E-state index is 10.4. The molecule has 0 radical (unpaired) electrons. The first-order chi connectivity index (χ1) is 8.20. The van der Waals surface area contributed by atoms with Crippen molar-refractivity contribution < 1.29 is 31.1 Å². The smallest absolute Gasteiger partial charge is 0.439 e. The Morgan fingerprint density at radius 2 is 1.67 bits per heavy atom. The van der Waals surface area contributed by atoms with Gasteiger partial charge in [-0.1, -0.05) is 11.8 Å². The van der Waals surface area contributed by atoms with Crippen molar-refractivity contribution in [3.05, 3.63) is 11.8 Å². The third kappa shape index (κ3) is 4.79. The second-order valence-corrected chi connectivity index (χ2v) is 4.35. The molecule has 18 heavy (non-hydrogen) atoms. The molecule has 1 heterocycles. The molecule has 0 N–H and O–H groups in total. The van der Waals surface area contributed by atoms with Crippen LogP contribution in [0.1, 0.15) is 12.8 Å². The van der Waals surface area contributed by atoms with Crippen molar-refractivity contribution in [1.29, 1.82) is 0 Å². The number of allylic oxidation sites excluding steroid dienone is 2. The largest absolute Gasteiger partial charge is 0.487 e.